The number of carbonyl (C=O) groups excluding carboxylic acids is 1. The lowest BCUT2D eigenvalue weighted by Crippen LogP contribution is -2.17. The van der Waals surface area contributed by atoms with Gasteiger partial charge in [0.1, 0.15) is 5.69 Å². The third-order valence-corrected chi connectivity index (χ3v) is 5.71. The van der Waals surface area contributed by atoms with Crippen molar-refractivity contribution in [2.45, 2.75) is 13.5 Å². The Labute approximate surface area is 189 Å². The molecule has 0 fully saturated rings. The van der Waals surface area contributed by atoms with Gasteiger partial charge in [-0.1, -0.05) is 48.0 Å². The predicted octanol–water partition coefficient (Wildman–Crippen LogP) is 5.62. The molecule has 7 heteroatoms. The first-order valence-corrected chi connectivity index (χ1v) is 10.7. The van der Waals surface area contributed by atoms with E-state index in [4.69, 9.17) is 11.6 Å². The molecule has 0 saturated carbocycles. The number of amides is 1. The Bertz CT molecular complexity index is 1460. The van der Waals surface area contributed by atoms with Gasteiger partial charge in [0.15, 0.2) is 0 Å². The van der Waals surface area contributed by atoms with Crippen LogP contribution in [0.25, 0.3) is 33.1 Å². The fraction of sp³-hybridized carbons (Fsp3) is 0.0800. The number of hydrazone groups is 1. The van der Waals surface area contributed by atoms with E-state index in [1.807, 2.05) is 24.3 Å². The molecule has 0 saturated heterocycles. The summed E-state index contributed by atoms with van der Waals surface area (Å²) in [7, 11) is 0. The Hall–Kier alpha value is -3.90. The summed E-state index contributed by atoms with van der Waals surface area (Å²) in [6.07, 6.45) is 1.64. The predicted molar refractivity (Wildman–Crippen MR) is 129 cm³/mol. The van der Waals surface area contributed by atoms with Crippen LogP contribution in [0.3, 0.4) is 0 Å². The fourth-order valence-electron chi connectivity index (χ4n) is 3.92. The summed E-state index contributed by atoms with van der Waals surface area (Å²) in [6.45, 7) is 3.04. The number of aromatic amines is 1. The molecule has 5 aromatic rings. The van der Waals surface area contributed by atoms with Gasteiger partial charge in [0.25, 0.3) is 5.91 Å². The zero-order valence-electron chi connectivity index (χ0n) is 17.3. The smallest absolute Gasteiger partial charge is 0.289 e. The standard InChI is InChI=1S/C25H20ClN5O/c1-2-31-23-6-4-3-5-19(23)20-13-16(7-12-24(20)31)15-27-30-25(32)22-14-21(28-29-22)17-8-10-18(26)11-9-17/h3-15H,2H2,1H3,(H,28,29)(H,30,32). The van der Waals surface area contributed by atoms with Crippen molar-refractivity contribution in [1.82, 2.24) is 20.2 Å². The van der Waals surface area contributed by atoms with Gasteiger partial charge in [-0.15, -0.1) is 0 Å². The van der Waals surface area contributed by atoms with E-state index >= 15 is 0 Å². The van der Waals surface area contributed by atoms with Crippen molar-refractivity contribution in [3.63, 3.8) is 0 Å². The number of aryl methyl sites for hydroxylation is 1. The van der Waals surface area contributed by atoms with Crippen LogP contribution in [0.4, 0.5) is 0 Å². The average Bonchev–Trinajstić information content (AvgIpc) is 3.43. The molecule has 0 aliphatic rings. The van der Waals surface area contributed by atoms with Gasteiger partial charge in [0, 0.05) is 38.9 Å². The van der Waals surface area contributed by atoms with E-state index < -0.39 is 0 Å². The molecule has 1 amide bonds. The Kier molecular flexibility index (Phi) is 5.21. The highest BCUT2D eigenvalue weighted by molar-refractivity contribution is 6.30. The molecule has 6 nitrogen and oxygen atoms in total. The Morgan fingerprint density at radius 3 is 2.66 bits per heavy atom. The molecule has 0 spiro atoms. The van der Waals surface area contributed by atoms with Crippen LogP contribution >= 0.6 is 11.6 Å². The monoisotopic (exact) mass is 441 g/mol. The summed E-state index contributed by atoms with van der Waals surface area (Å²) in [6, 6.07) is 23.5. The fourth-order valence-corrected chi connectivity index (χ4v) is 4.05. The molecule has 0 bridgehead atoms. The van der Waals surface area contributed by atoms with Gasteiger partial charge in [0.2, 0.25) is 0 Å². The largest absolute Gasteiger partial charge is 0.341 e. The van der Waals surface area contributed by atoms with Crippen LogP contribution in [0.5, 0.6) is 0 Å². The van der Waals surface area contributed by atoms with E-state index in [0.29, 0.717) is 16.4 Å². The van der Waals surface area contributed by atoms with E-state index in [0.717, 1.165) is 17.7 Å². The number of nitrogens with one attached hydrogen (secondary N) is 2. The van der Waals surface area contributed by atoms with E-state index in [1.54, 1.807) is 24.4 Å². The second kappa shape index (κ2) is 8.32. The number of hydrogen-bond donors (Lipinski definition) is 2. The van der Waals surface area contributed by atoms with Crippen LogP contribution in [0.2, 0.25) is 5.02 Å². The first-order chi connectivity index (χ1) is 15.6. The number of para-hydroxylation sites is 1. The lowest BCUT2D eigenvalue weighted by atomic mass is 10.1. The van der Waals surface area contributed by atoms with Gasteiger partial charge in [0.05, 0.1) is 11.9 Å². The summed E-state index contributed by atoms with van der Waals surface area (Å²) in [5.41, 5.74) is 7.71. The van der Waals surface area contributed by atoms with Crippen LogP contribution in [-0.4, -0.2) is 26.9 Å². The van der Waals surface area contributed by atoms with Crippen molar-refractivity contribution in [2.24, 2.45) is 5.10 Å². The topological polar surface area (TPSA) is 75.1 Å². The van der Waals surface area contributed by atoms with Crippen LogP contribution in [-0.2, 0) is 6.54 Å². The van der Waals surface area contributed by atoms with Gasteiger partial charge < -0.3 is 4.57 Å². The Morgan fingerprint density at radius 2 is 1.84 bits per heavy atom. The summed E-state index contributed by atoms with van der Waals surface area (Å²) in [5.74, 6) is -0.363. The maximum atomic E-state index is 12.4. The van der Waals surface area contributed by atoms with E-state index in [1.165, 1.54) is 21.8 Å². The lowest BCUT2D eigenvalue weighted by Gasteiger charge is -2.02. The number of benzene rings is 3. The molecule has 2 heterocycles. The van der Waals surface area contributed by atoms with Gasteiger partial charge in [-0.05, 0) is 48.9 Å². The average molecular weight is 442 g/mol. The summed E-state index contributed by atoms with van der Waals surface area (Å²) in [4.78, 5) is 12.4. The van der Waals surface area contributed by atoms with Crippen molar-refractivity contribution in [3.8, 4) is 11.3 Å². The number of H-pyrrole nitrogens is 1. The third kappa shape index (κ3) is 3.65. The second-order valence-electron chi connectivity index (χ2n) is 7.41. The van der Waals surface area contributed by atoms with Crippen molar-refractivity contribution in [2.75, 3.05) is 0 Å². The summed E-state index contributed by atoms with van der Waals surface area (Å²) >= 11 is 5.92. The molecule has 2 aromatic heterocycles. The molecule has 0 atom stereocenters. The molecule has 158 valence electrons. The van der Waals surface area contributed by atoms with Crippen LogP contribution in [0.15, 0.2) is 77.9 Å². The molecular weight excluding hydrogens is 422 g/mol. The summed E-state index contributed by atoms with van der Waals surface area (Å²) < 4.78 is 2.30. The zero-order chi connectivity index (χ0) is 22.1. The molecular formula is C25H20ClN5O. The van der Waals surface area contributed by atoms with Crippen molar-refractivity contribution < 1.29 is 4.79 Å². The number of carbonyl (C=O) groups is 1. The maximum absolute atomic E-state index is 12.4. The van der Waals surface area contributed by atoms with Crippen molar-refractivity contribution in [3.05, 3.63) is 89.1 Å². The minimum atomic E-state index is -0.363. The highest BCUT2D eigenvalue weighted by Gasteiger charge is 2.11. The SMILES string of the molecule is CCn1c2ccccc2c2cc(C=NNC(=O)c3cc(-c4ccc(Cl)cc4)n[nH]3)ccc21. The first kappa shape index (κ1) is 20.0. The van der Waals surface area contributed by atoms with E-state index in [2.05, 4.69) is 62.5 Å². The molecule has 0 aliphatic heterocycles. The van der Waals surface area contributed by atoms with Gasteiger partial charge in [-0.25, -0.2) is 5.43 Å². The quantitative estimate of drug-likeness (QED) is 0.274. The number of fused-ring (bicyclic) bond motifs is 3. The van der Waals surface area contributed by atoms with Gasteiger partial charge in [-0.3, -0.25) is 9.89 Å². The number of rotatable bonds is 5. The van der Waals surface area contributed by atoms with Crippen LogP contribution in [0.1, 0.15) is 23.0 Å². The molecule has 5 rings (SSSR count). The highest BCUT2D eigenvalue weighted by Crippen LogP contribution is 2.29. The maximum Gasteiger partial charge on any atom is 0.289 e. The third-order valence-electron chi connectivity index (χ3n) is 5.45. The molecule has 0 radical (unpaired) electrons. The first-order valence-electron chi connectivity index (χ1n) is 10.3. The van der Waals surface area contributed by atoms with Gasteiger partial charge in [-0.2, -0.15) is 10.2 Å². The van der Waals surface area contributed by atoms with Crippen molar-refractivity contribution >= 4 is 45.5 Å². The molecule has 2 N–H and O–H groups in total. The zero-order valence-corrected chi connectivity index (χ0v) is 18.1. The summed E-state index contributed by atoms with van der Waals surface area (Å²) in [5, 5.41) is 14.1. The minimum Gasteiger partial charge on any atom is -0.341 e. The number of hydrogen-bond acceptors (Lipinski definition) is 3. The van der Waals surface area contributed by atoms with E-state index in [-0.39, 0.29) is 5.91 Å². The highest BCUT2D eigenvalue weighted by atomic mass is 35.5. The molecule has 0 unspecified atom stereocenters. The van der Waals surface area contributed by atoms with Crippen LogP contribution < -0.4 is 5.43 Å². The molecule has 32 heavy (non-hydrogen) atoms. The normalized spacial score (nSPS) is 11.6. The molecule has 3 aromatic carbocycles. The van der Waals surface area contributed by atoms with Crippen LogP contribution in [0, 0.1) is 0 Å². The number of nitrogens with zero attached hydrogens (tertiary/aromatic N) is 3. The number of halogens is 1. The second-order valence-corrected chi connectivity index (χ2v) is 7.85. The van der Waals surface area contributed by atoms with E-state index in [9.17, 15) is 4.79 Å². The Balaban J connectivity index is 1.34. The number of aromatic nitrogens is 3. The minimum absolute atomic E-state index is 0.327. The Morgan fingerprint density at radius 1 is 1.06 bits per heavy atom. The van der Waals surface area contributed by atoms with Gasteiger partial charge >= 0.3 is 0 Å². The molecule has 0 aliphatic carbocycles. The van der Waals surface area contributed by atoms with Crippen molar-refractivity contribution in [1.29, 1.82) is 0 Å². The lowest BCUT2D eigenvalue weighted by molar-refractivity contribution is 0.0950.